The molecule has 0 aliphatic rings. The first kappa shape index (κ1) is 17.0. The van der Waals surface area contributed by atoms with Gasteiger partial charge in [0.1, 0.15) is 0 Å². The van der Waals surface area contributed by atoms with Crippen LogP contribution >= 0.6 is 0 Å². The number of hydrogen-bond acceptors (Lipinski definition) is 2. The molecule has 5 heteroatoms. The number of hydrogen-bond donors (Lipinski definition) is 0. The van der Waals surface area contributed by atoms with Crippen molar-refractivity contribution >= 4 is 16.9 Å². The first-order chi connectivity index (χ1) is 12.0. The van der Waals surface area contributed by atoms with E-state index in [-0.39, 0.29) is 11.6 Å². The Morgan fingerprint density at radius 3 is 2.40 bits per heavy atom. The summed E-state index contributed by atoms with van der Waals surface area (Å²) in [5.74, 6) is 0.0306. The molecule has 1 amide bonds. The minimum absolute atomic E-state index is 0.0306. The van der Waals surface area contributed by atoms with Gasteiger partial charge in [0.25, 0.3) is 0 Å². The van der Waals surface area contributed by atoms with Crippen LogP contribution in [0.15, 0.2) is 53.3 Å². The Morgan fingerprint density at radius 2 is 1.68 bits per heavy atom. The Bertz CT molecular complexity index is 968. The molecule has 0 saturated carbocycles. The molecule has 1 heterocycles. The van der Waals surface area contributed by atoms with E-state index < -0.39 is 0 Å². The minimum Gasteiger partial charge on any atom is -0.341 e. The van der Waals surface area contributed by atoms with Gasteiger partial charge in [0.15, 0.2) is 0 Å². The molecule has 2 aromatic carbocycles. The van der Waals surface area contributed by atoms with Crippen molar-refractivity contribution < 1.29 is 4.79 Å². The van der Waals surface area contributed by atoms with Gasteiger partial charge in [-0.05, 0) is 30.2 Å². The molecule has 1 aromatic heterocycles. The molecule has 5 nitrogen and oxygen atoms in total. The van der Waals surface area contributed by atoms with E-state index in [1.165, 1.54) is 5.56 Å². The molecule has 0 radical (unpaired) electrons. The zero-order valence-corrected chi connectivity index (χ0v) is 14.9. The van der Waals surface area contributed by atoms with Gasteiger partial charge in [-0.2, -0.15) is 0 Å². The van der Waals surface area contributed by atoms with Crippen LogP contribution in [0.2, 0.25) is 0 Å². The molecule has 3 aromatic rings. The second-order valence-corrected chi connectivity index (χ2v) is 6.41. The van der Waals surface area contributed by atoms with Crippen LogP contribution in [0.5, 0.6) is 0 Å². The fraction of sp³-hybridized carbons (Fsp3) is 0.300. The summed E-state index contributed by atoms with van der Waals surface area (Å²) in [6.07, 6.45) is 0.302. The molecule has 0 aliphatic heterocycles. The second-order valence-electron chi connectivity index (χ2n) is 6.41. The van der Waals surface area contributed by atoms with Crippen LogP contribution in [0.3, 0.4) is 0 Å². The monoisotopic (exact) mass is 337 g/mol. The third kappa shape index (κ3) is 3.36. The molecule has 0 unspecified atom stereocenters. The lowest BCUT2D eigenvalue weighted by Crippen LogP contribution is -2.29. The average Bonchev–Trinajstić information content (AvgIpc) is 2.86. The van der Waals surface area contributed by atoms with E-state index in [0.717, 1.165) is 16.6 Å². The fourth-order valence-corrected chi connectivity index (χ4v) is 3.11. The van der Waals surface area contributed by atoms with Crippen molar-refractivity contribution in [3.63, 3.8) is 0 Å². The first-order valence-corrected chi connectivity index (χ1v) is 8.41. The van der Waals surface area contributed by atoms with Crippen LogP contribution < -0.4 is 5.69 Å². The third-order valence-corrected chi connectivity index (χ3v) is 4.70. The number of benzene rings is 2. The Hall–Kier alpha value is -2.82. The number of rotatable bonds is 5. The van der Waals surface area contributed by atoms with Crippen LogP contribution in [0.4, 0.5) is 0 Å². The molecule has 130 valence electrons. The Balaban J connectivity index is 1.72. The second kappa shape index (κ2) is 6.97. The molecule has 0 fully saturated rings. The summed E-state index contributed by atoms with van der Waals surface area (Å²) in [7, 11) is 3.56. The van der Waals surface area contributed by atoms with Gasteiger partial charge < -0.3 is 4.90 Å². The predicted molar refractivity (Wildman–Crippen MR) is 99.4 cm³/mol. The van der Waals surface area contributed by atoms with E-state index in [9.17, 15) is 9.59 Å². The number of nitrogens with zero attached hydrogens (tertiary/aromatic N) is 3. The van der Waals surface area contributed by atoms with Crippen LogP contribution in [-0.4, -0.2) is 27.0 Å². The Kier molecular flexibility index (Phi) is 4.74. The highest BCUT2D eigenvalue weighted by atomic mass is 16.2. The smallest absolute Gasteiger partial charge is 0.328 e. The van der Waals surface area contributed by atoms with E-state index in [1.54, 1.807) is 28.1 Å². The number of aromatic nitrogens is 2. The van der Waals surface area contributed by atoms with Crippen molar-refractivity contribution in [3.05, 3.63) is 70.1 Å². The largest absolute Gasteiger partial charge is 0.341 e. The van der Waals surface area contributed by atoms with Gasteiger partial charge in [-0.3, -0.25) is 13.9 Å². The van der Waals surface area contributed by atoms with Crippen LogP contribution in [0.1, 0.15) is 17.5 Å². The summed E-state index contributed by atoms with van der Waals surface area (Å²) in [5.41, 5.74) is 3.97. The zero-order chi connectivity index (χ0) is 18.0. The lowest BCUT2D eigenvalue weighted by molar-refractivity contribution is -0.130. The Labute approximate surface area is 147 Å². The fourth-order valence-electron chi connectivity index (χ4n) is 3.11. The molecule has 0 N–H and O–H groups in total. The number of para-hydroxylation sites is 2. The number of amides is 1. The van der Waals surface area contributed by atoms with Crippen molar-refractivity contribution in [3.8, 4) is 0 Å². The number of imidazole rings is 1. The van der Waals surface area contributed by atoms with E-state index in [1.807, 2.05) is 55.5 Å². The highest BCUT2D eigenvalue weighted by Gasteiger charge is 2.14. The SMILES string of the molecule is Cc1ccccc1CN(C)C(=O)CCn1c(=O)n(C)c2ccccc21. The molecule has 0 saturated heterocycles. The van der Waals surface area contributed by atoms with Gasteiger partial charge in [-0.15, -0.1) is 0 Å². The molecule has 25 heavy (non-hydrogen) atoms. The zero-order valence-electron chi connectivity index (χ0n) is 14.9. The van der Waals surface area contributed by atoms with E-state index in [2.05, 4.69) is 0 Å². The molecule has 0 bridgehead atoms. The Morgan fingerprint density at radius 1 is 1.04 bits per heavy atom. The molecule has 0 spiro atoms. The van der Waals surface area contributed by atoms with Gasteiger partial charge in [0, 0.05) is 33.6 Å². The maximum Gasteiger partial charge on any atom is 0.328 e. The van der Waals surface area contributed by atoms with Gasteiger partial charge >= 0.3 is 5.69 Å². The summed E-state index contributed by atoms with van der Waals surface area (Å²) in [6, 6.07) is 15.7. The topological polar surface area (TPSA) is 47.2 Å². The predicted octanol–water partition coefficient (Wildman–Crippen LogP) is 2.70. The third-order valence-electron chi connectivity index (χ3n) is 4.70. The normalized spacial score (nSPS) is 11.0. The van der Waals surface area contributed by atoms with Crippen molar-refractivity contribution in [1.29, 1.82) is 0 Å². The van der Waals surface area contributed by atoms with Crippen molar-refractivity contribution in [2.24, 2.45) is 7.05 Å². The van der Waals surface area contributed by atoms with E-state index in [4.69, 9.17) is 0 Å². The lowest BCUT2D eigenvalue weighted by atomic mass is 10.1. The van der Waals surface area contributed by atoms with E-state index >= 15 is 0 Å². The number of aryl methyl sites for hydroxylation is 3. The molecular formula is C20H23N3O2. The van der Waals surface area contributed by atoms with Gasteiger partial charge in [0.2, 0.25) is 5.91 Å². The molecule has 0 aliphatic carbocycles. The summed E-state index contributed by atoms with van der Waals surface area (Å²) >= 11 is 0. The maximum absolute atomic E-state index is 12.5. The maximum atomic E-state index is 12.5. The van der Waals surface area contributed by atoms with Crippen LogP contribution in [-0.2, 0) is 24.9 Å². The van der Waals surface area contributed by atoms with Crippen molar-refractivity contribution in [2.75, 3.05) is 7.05 Å². The number of carbonyl (C=O) groups is 1. The molecular weight excluding hydrogens is 314 g/mol. The lowest BCUT2D eigenvalue weighted by Gasteiger charge is -2.18. The number of fused-ring (bicyclic) bond motifs is 1. The molecule has 0 atom stereocenters. The summed E-state index contributed by atoms with van der Waals surface area (Å²) < 4.78 is 3.30. The molecule has 3 rings (SSSR count). The summed E-state index contributed by atoms with van der Waals surface area (Å²) in [4.78, 5) is 26.6. The highest BCUT2D eigenvalue weighted by molar-refractivity contribution is 5.78. The van der Waals surface area contributed by atoms with Crippen molar-refractivity contribution in [2.45, 2.75) is 26.4 Å². The summed E-state index contributed by atoms with van der Waals surface area (Å²) in [6.45, 7) is 3.01. The van der Waals surface area contributed by atoms with Gasteiger partial charge in [0.05, 0.1) is 11.0 Å². The minimum atomic E-state index is -0.0874. The quantitative estimate of drug-likeness (QED) is 0.719. The van der Waals surface area contributed by atoms with Gasteiger partial charge in [-0.25, -0.2) is 4.79 Å². The van der Waals surface area contributed by atoms with Crippen molar-refractivity contribution in [1.82, 2.24) is 14.0 Å². The highest BCUT2D eigenvalue weighted by Crippen LogP contribution is 2.13. The van der Waals surface area contributed by atoms with E-state index in [0.29, 0.717) is 19.5 Å². The summed E-state index contributed by atoms with van der Waals surface area (Å²) in [5, 5.41) is 0. The number of carbonyl (C=O) groups excluding carboxylic acids is 1. The van der Waals surface area contributed by atoms with Gasteiger partial charge in [-0.1, -0.05) is 36.4 Å². The standard InChI is InChI=1S/C20H23N3O2/c1-15-8-4-5-9-16(15)14-21(2)19(24)12-13-23-18-11-7-6-10-17(18)22(3)20(23)25/h4-11H,12-14H2,1-3H3. The average molecular weight is 337 g/mol. The first-order valence-electron chi connectivity index (χ1n) is 8.41. The van der Waals surface area contributed by atoms with Crippen LogP contribution in [0.25, 0.3) is 11.0 Å². The van der Waals surface area contributed by atoms with Crippen LogP contribution in [0, 0.1) is 6.92 Å².